The maximum absolute atomic E-state index is 5.58. The fraction of sp³-hybridized carbons (Fsp3) is 0.150. The number of methoxy groups -OCH3 is 1. The second kappa shape index (κ2) is 8.53. The fourth-order valence-corrected chi connectivity index (χ4v) is 2.81. The molecular weight excluding hydrogens is 372 g/mol. The lowest BCUT2D eigenvalue weighted by Crippen LogP contribution is -2.30. The van der Waals surface area contributed by atoms with Gasteiger partial charge in [0.2, 0.25) is 0 Å². The number of aliphatic imine (C=N–C) groups is 1. The smallest absolute Gasteiger partial charge is 0.200 e. The molecule has 0 amide bonds. The molecule has 0 atom stereocenters. The van der Waals surface area contributed by atoms with E-state index in [2.05, 4.69) is 10.5 Å². The number of nitrogens with one attached hydrogen (secondary N) is 1. The van der Waals surface area contributed by atoms with Gasteiger partial charge >= 0.3 is 0 Å². The summed E-state index contributed by atoms with van der Waals surface area (Å²) in [5, 5.41) is 4.48. The van der Waals surface area contributed by atoms with E-state index in [1.54, 1.807) is 13.3 Å². The van der Waals surface area contributed by atoms with E-state index in [4.69, 9.17) is 27.7 Å². The van der Waals surface area contributed by atoms with Crippen LogP contribution < -0.4 is 21.4 Å². The van der Waals surface area contributed by atoms with Gasteiger partial charge in [-0.2, -0.15) is 5.10 Å². The molecule has 8 heteroatoms. The van der Waals surface area contributed by atoms with Crippen molar-refractivity contribution in [1.82, 2.24) is 14.8 Å². The largest absolute Gasteiger partial charge is 0.497 e. The summed E-state index contributed by atoms with van der Waals surface area (Å²) in [6.07, 6.45) is 1.79. The molecule has 0 aliphatic carbocycles. The van der Waals surface area contributed by atoms with Crippen LogP contribution in [0.4, 0.5) is 5.69 Å². The van der Waals surface area contributed by atoms with Crippen LogP contribution in [0.2, 0.25) is 0 Å². The molecule has 3 rings (SSSR count). The van der Waals surface area contributed by atoms with Gasteiger partial charge in [-0.25, -0.2) is 4.68 Å². The summed E-state index contributed by atoms with van der Waals surface area (Å²) in [6.45, 7) is 1.99. The van der Waals surface area contributed by atoms with Crippen molar-refractivity contribution in [2.45, 2.75) is 6.92 Å². The van der Waals surface area contributed by atoms with E-state index in [9.17, 15) is 0 Å². The van der Waals surface area contributed by atoms with Gasteiger partial charge in [0.15, 0.2) is 10.6 Å². The summed E-state index contributed by atoms with van der Waals surface area (Å²) < 4.78 is 9.12. The Balaban J connectivity index is 2.13. The molecule has 0 radical (unpaired) electrons. The second-order valence-corrected chi connectivity index (χ2v) is 6.49. The highest BCUT2D eigenvalue weighted by molar-refractivity contribution is 7.80. The van der Waals surface area contributed by atoms with E-state index >= 15 is 0 Å². The summed E-state index contributed by atoms with van der Waals surface area (Å²) in [4.78, 5) is 4.69. The third-order valence-electron chi connectivity index (χ3n) is 4.27. The van der Waals surface area contributed by atoms with Crippen LogP contribution in [-0.4, -0.2) is 27.8 Å². The molecular formula is C20H22N6OS. The molecule has 0 aliphatic heterocycles. The number of ether oxygens (including phenoxy) is 1. The number of hydrogen-bond acceptors (Lipinski definition) is 4. The normalized spacial score (nSPS) is 11.8. The number of aromatic nitrogens is 2. The molecule has 0 aliphatic rings. The topological polar surface area (TPSA) is 81.9 Å². The maximum Gasteiger partial charge on any atom is 0.200 e. The Bertz CT molecular complexity index is 1060. The molecule has 0 fully saturated rings. The van der Waals surface area contributed by atoms with Gasteiger partial charge in [-0.15, -0.1) is 0 Å². The predicted octanol–water partition coefficient (Wildman–Crippen LogP) is 2.53. The highest BCUT2D eigenvalue weighted by Crippen LogP contribution is 2.17. The molecule has 144 valence electrons. The van der Waals surface area contributed by atoms with Gasteiger partial charge in [-0.3, -0.25) is 15.1 Å². The van der Waals surface area contributed by atoms with E-state index in [-0.39, 0.29) is 5.11 Å². The Hall–Kier alpha value is -3.39. The van der Waals surface area contributed by atoms with Crippen LogP contribution in [0.15, 0.2) is 64.7 Å². The minimum absolute atomic E-state index is 0.0891. The Morgan fingerprint density at radius 2 is 1.82 bits per heavy atom. The van der Waals surface area contributed by atoms with E-state index in [0.29, 0.717) is 11.2 Å². The Labute approximate surface area is 168 Å². The van der Waals surface area contributed by atoms with Crippen molar-refractivity contribution in [1.29, 1.82) is 0 Å². The molecule has 0 bridgehead atoms. The van der Waals surface area contributed by atoms with Crippen molar-refractivity contribution in [2.24, 2.45) is 22.9 Å². The maximum atomic E-state index is 5.58. The van der Waals surface area contributed by atoms with Gasteiger partial charge in [-0.1, -0.05) is 18.2 Å². The first-order chi connectivity index (χ1) is 13.5. The van der Waals surface area contributed by atoms with Crippen LogP contribution in [0, 0.1) is 6.92 Å². The average molecular weight is 395 g/mol. The van der Waals surface area contributed by atoms with Crippen molar-refractivity contribution in [3.63, 3.8) is 0 Å². The fourth-order valence-electron chi connectivity index (χ4n) is 2.76. The quantitative estimate of drug-likeness (QED) is 0.396. The molecule has 0 saturated carbocycles. The monoisotopic (exact) mass is 394 g/mol. The lowest BCUT2D eigenvalue weighted by Gasteiger charge is -2.09. The number of nitrogens with zero attached hydrogens (tertiary/aromatic N) is 4. The highest BCUT2D eigenvalue weighted by Gasteiger charge is 2.14. The minimum atomic E-state index is 0.0891. The van der Waals surface area contributed by atoms with Crippen molar-refractivity contribution in [3.05, 3.63) is 71.3 Å². The SMILES string of the molecule is COc1ccc(C=Nc2c(C)n(C)n(-c3ccccc3)/c2=N/NC(N)=S)cc1. The summed E-state index contributed by atoms with van der Waals surface area (Å²) in [6, 6.07) is 17.6. The molecule has 3 aromatic rings. The van der Waals surface area contributed by atoms with Crippen LogP contribution in [0.3, 0.4) is 0 Å². The van der Waals surface area contributed by atoms with Crippen molar-refractivity contribution < 1.29 is 4.74 Å². The predicted molar refractivity (Wildman–Crippen MR) is 115 cm³/mol. The number of para-hydroxylation sites is 1. The van der Waals surface area contributed by atoms with Crippen molar-refractivity contribution in [2.75, 3.05) is 7.11 Å². The van der Waals surface area contributed by atoms with Crippen LogP contribution >= 0.6 is 12.2 Å². The summed E-state index contributed by atoms with van der Waals surface area (Å²) in [7, 11) is 3.59. The van der Waals surface area contributed by atoms with Crippen LogP contribution in [0.1, 0.15) is 11.3 Å². The van der Waals surface area contributed by atoms with Gasteiger partial charge in [0.05, 0.1) is 18.5 Å². The molecule has 0 spiro atoms. The summed E-state index contributed by atoms with van der Waals surface area (Å²) >= 11 is 4.91. The van der Waals surface area contributed by atoms with Crippen LogP contribution in [0.25, 0.3) is 5.69 Å². The third kappa shape index (κ3) is 4.12. The molecule has 1 heterocycles. The van der Waals surface area contributed by atoms with Crippen LogP contribution in [0.5, 0.6) is 5.75 Å². The number of hydrogen-bond donors (Lipinski definition) is 2. The lowest BCUT2D eigenvalue weighted by molar-refractivity contribution is 0.415. The van der Waals surface area contributed by atoms with E-state index in [1.165, 1.54) is 0 Å². The van der Waals surface area contributed by atoms with Crippen molar-refractivity contribution in [3.8, 4) is 11.4 Å². The molecule has 3 N–H and O–H groups in total. The zero-order chi connectivity index (χ0) is 20.1. The first-order valence-electron chi connectivity index (χ1n) is 8.62. The average Bonchev–Trinajstić information content (AvgIpc) is 2.95. The molecule has 0 saturated heterocycles. The van der Waals surface area contributed by atoms with Gasteiger partial charge < -0.3 is 10.5 Å². The first-order valence-corrected chi connectivity index (χ1v) is 9.03. The van der Waals surface area contributed by atoms with Gasteiger partial charge in [0.25, 0.3) is 0 Å². The van der Waals surface area contributed by atoms with E-state index < -0.39 is 0 Å². The van der Waals surface area contributed by atoms with Crippen molar-refractivity contribution >= 4 is 29.2 Å². The molecule has 2 aromatic carbocycles. The lowest BCUT2D eigenvalue weighted by atomic mass is 10.2. The Morgan fingerprint density at radius 1 is 1.14 bits per heavy atom. The highest BCUT2D eigenvalue weighted by atomic mass is 32.1. The summed E-state index contributed by atoms with van der Waals surface area (Å²) in [5.41, 5.74) is 12.4. The summed E-state index contributed by atoms with van der Waals surface area (Å²) in [5.74, 6) is 0.798. The molecule has 28 heavy (non-hydrogen) atoms. The number of benzene rings is 2. The molecule has 1 aromatic heterocycles. The molecule has 0 unspecified atom stereocenters. The number of rotatable bonds is 5. The van der Waals surface area contributed by atoms with Crippen LogP contribution in [-0.2, 0) is 7.05 Å². The second-order valence-electron chi connectivity index (χ2n) is 6.05. The zero-order valence-corrected chi connectivity index (χ0v) is 16.8. The van der Waals surface area contributed by atoms with E-state index in [1.807, 2.05) is 77.9 Å². The third-order valence-corrected chi connectivity index (χ3v) is 4.36. The number of nitrogens with two attached hydrogens (primary N) is 1. The Morgan fingerprint density at radius 3 is 2.43 bits per heavy atom. The zero-order valence-electron chi connectivity index (χ0n) is 16.0. The standard InChI is InChI=1S/C20H22N6OS/c1-14-18(22-13-15-9-11-17(27-3)12-10-15)19(23-24-20(21)28)26(25(14)2)16-7-5-4-6-8-16/h4-13H,1-3H3,(H3,21,24,28)/b22-13?,23-19+. The minimum Gasteiger partial charge on any atom is -0.497 e. The Kier molecular flexibility index (Phi) is 5.90. The first kappa shape index (κ1) is 19.4. The van der Waals surface area contributed by atoms with Gasteiger partial charge in [-0.05, 0) is 61.1 Å². The van der Waals surface area contributed by atoms with Gasteiger partial charge in [0, 0.05) is 13.3 Å². The van der Waals surface area contributed by atoms with E-state index in [0.717, 1.165) is 22.7 Å². The molecule has 7 nitrogen and oxygen atoms in total. The van der Waals surface area contributed by atoms with Gasteiger partial charge in [0.1, 0.15) is 11.4 Å². The number of thiocarbonyl (C=S) groups is 1.